The molecule has 0 spiro atoms. The summed E-state index contributed by atoms with van der Waals surface area (Å²) in [5, 5.41) is 4.75. The number of hydrogen-bond donors (Lipinski definition) is 1. The largest absolute Gasteiger partial charge is 0.369 e. The lowest BCUT2D eigenvalue weighted by atomic mass is 10.0. The number of nitrogens with zero attached hydrogens (tertiary/aromatic N) is 2. The molecule has 2 heterocycles. The molecule has 1 aliphatic heterocycles. The Bertz CT molecular complexity index is 956. The van der Waals surface area contributed by atoms with Gasteiger partial charge in [-0.25, -0.2) is 4.98 Å². The van der Waals surface area contributed by atoms with Crippen LogP contribution in [0.15, 0.2) is 54.6 Å². The van der Waals surface area contributed by atoms with Crippen LogP contribution in [0.5, 0.6) is 0 Å². The summed E-state index contributed by atoms with van der Waals surface area (Å²) in [6.45, 7) is 3.75. The zero-order valence-electron chi connectivity index (χ0n) is 15.7. The standard InChI is InChI=1S/C22H22ClN3OS/c1-15-20(28-22(24-15)16-9-11-17(23)12-10-16)21(27)25-18-6-5-13-26(14-18)19-7-3-2-4-8-19/h2-4,7-12,18H,5-6,13-14H2,1H3,(H,25,27). The lowest BCUT2D eigenvalue weighted by molar-refractivity contribution is 0.0936. The van der Waals surface area contributed by atoms with Crippen LogP contribution in [0.25, 0.3) is 10.6 Å². The van der Waals surface area contributed by atoms with E-state index in [1.54, 1.807) is 0 Å². The van der Waals surface area contributed by atoms with E-state index in [0.29, 0.717) is 9.90 Å². The SMILES string of the molecule is Cc1nc(-c2ccc(Cl)cc2)sc1C(=O)NC1CCCN(c2ccccc2)C1. The summed E-state index contributed by atoms with van der Waals surface area (Å²) in [7, 11) is 0. The van der Waals surface area contributed by atoms with E-state index < -0.39 is 0 Å². The van der Waals surface area contributed by atoms with Crippen molar-refractivity contribution in [2.75, 3.05) is 18.0 Å². The number of carbonyl (C=O) groups is 1. The van der Waals surface area contributed by atoms with E-state index in [1.807, 2.05) is 37.3 Å². The predicted octanol–water partition coefficient (Wildman–Crippen LogP) is 5.17. The van der Waals surface area contributed by atoms with Gasteiger partial charge in [-0.15, -0.1) is 11.3 Å². The first-order valence-corrected chi connectivity index (χ1v) is 10.6. The van der Waals surface area contributed by atoms with Gasteiger partial charge in [0.1, 0.15) is 9.88 Å². The molecule has 0 radical (unpaired) electrons. The van der Waals surface area contributed by atoms with E-state index in [9.17, 15) is 4.79 Å². The van der Waals surface area contributed by atoms with E-state index in [-0.39, 0.29) is 11.9 Å². The van der Waals surface area contributed by atoms with Crippen LogP contribution in [0.4, 0.5) is 5.69 Å². The Balaban J connectivity index is 1.45. The number of rotatable bonds is 4. The molecule has 144 valence electrons. The zero-order valence-corrected chi connectivity index (χ0v) is 17.3. The third-order valence-corrected chi connectivity index (χ3v) is 6.43. The molecule has 0 bridgehead atoms. The molecule has 2 aromatic carbocycles. The number of amides is 1. The fraction of sp³-hybridized carbons (Fsp3) is 0.273. The van der Waals surface area contributed by atoms with Crippen molar-refractivity contribution in [1.82, 2.24) is 10.3 Å². The van der Waals surface area contributed by atoms with Crippen molar-refractivity contribution in [3.63, 3.8) is 0 Å². The lowest BCUT2D eigenvalue weighted by Crippen LogP contribution is -2.47. The quantitative estimate of drug-likeness (QED) is 0.644. The maximum Gasteiger partial charge on any atom is 0.263 e. The molecule has 1 saturated heterocycles. The number of benzene rings is 2. The van der Waals surface area contributed by atoms with Crippen molar-refractivity contribution in [3.05, 3.63) is 70.2 Å². The molecule has 1 N–H and O–H groups in total. The minimum absolute atomic E-state index is 0.0323. The van der Waals surface area contributed by atoms with Gasteiger partial charge in [0.05, 0.1) is 5.69 Å². The highest BCUT2D eigenvalue weighted by Gasteiger charge is 2.24. The van der Waals surface area contributed by atoms with Crippen molar-refractivity contribution in [3.8, 4) is 10.6 Å². The number of aryl methyl sites for hydroxylation is 1. The molecule has 3 aromatic rings. The minimum Gasteiger partial charge on any atom is -0.369 e. The number of thiazole rings is 1. The monoisotopic (exact) mass is 411 g/mol. The summed E-state index contributed by atoms with van der Waals surface area (Å²) in [6, 6.07) is 18.1. The molecule has 1 amide bonds. The molecule has 4 nitrogen and oxygen atoms in total. The molecular weight excluding hydrogens is 390 g/mol. The first-order chi connectivity index (χ1) is 13.6. The summed E-state index contributed by atoms with van der Waals surface area (Å²) in [5.74, 6) is -0.0323. The van der Waals surface area contributed by atoms with E-state index in [0.717, 1.165) is 42.2 Å². The number of carbonyl (C=O) groups excluding carboxylic acids is 1. The third kappa shape index (κ3) is 4.21. The molecule has 1 atom stereocenters. The van der Waals surface area contributed by atoms with Crippen molar-refractivity contribution >= 4 is 34.5 Å². The highest BCUT2D eigenvalue weighted by Crippen LogP contribution is 2.29. The first kappa shape index (κ1) is 19.0. The summed E-state index contributed by atoms with van der Waals surface area (Å²) < 4.78 is 0. The Hall–Kier alpha value is -2.37. The van der Waals surface area contributed by atoms with Crippen LogP contribution in [0.3, 0.4) is 0 Å². The van der Waals surface area contributed by atoms with E-state index in [2.05, 4.69) is 39.5 Å². The molecule has 0 saturated carbocycles. The van der Waals surface area contributed by atoms with E-state index >= 15 is 0 Å². The molecule has 0 aliphatic carbocycles. The molecule has 1 fully saturated rings. The number of aromatic nitrogens is 1. The molecule has 4 rings (SSSR count). The normalized spacial score (nSPS) is 16.8. The van der Waals surface area contributed by atoms with Gasteiger partial charge in [-0.3, -0.25) is 4.79 Å². The Labute approximate surface area is 174 Å². The fourth-order valence-corrected chi connectivity index (χ4v) is 4.64. The Kier molecular flexibility index (Phi) is 5.64. The Morgan fingerprint density at radius 2 is 1.93 bits per heavy atom. The maximum atomic E-state index is 12.9. The van der Waals surface area contributed by atoms with Crippen molar-refractivity contribution in [1.29, 1.82) is 0 Å². The summed E-state index contributed by atoms with van der Waals surface area (Å²) in [4.78, 5) is 20.5. The topological polar surface area (TPSA) is 45.2 Å². The van der Waals surface area contributed by atoms with Gasteiger partial charge in [0.2, 0.25) is 0 Å². The second-order valence-corrected chi connectivity index (χ2v) is 8.47. The van der Waals surface area contributed by atoms with Gasteiger partial charge >= 0.3 is 0 Å². The van der Waals surface area contributed by atoms with Crippen LogP contribution in [0.1, 0.15) is 28.2 Å². The van der Waals surface area contributed by atoms with Crippen molar-refractivity contribution < 1.29 is 4.79 Å². The fourth-order valence-electron chi connectivity index (χ4n) is 3.54. The van der Waals surface area contributed by atoms with Crippen LogP contribution >= 0.6 is 22.9 Å². The molecular formula is C22H22ClN3OS. The summed E-state index contributed by atoms with van der Waals surface area (Å²) in [5.41, 5.74) is 2.95. The zero-order chi connectivity index (χ0) is 19.5. The maximum absolute atomic E-state index is 12.9. The lowest BCUT2D eigenvalue weighted by Gasteiger charge is -2.34. The molecule has 1 aliphatic rings. The van der Waals surface area contributed by atoms with Crippen molar-refractivity contribution in [2.24, 2.45) is 0 Å². The van der Waals surface area contributed by atoms with Gasteiger partial charge in [-0.05, 0) is 44.0 Å². The van der Waals surface area contributed by atoms with Crippen LogP contribution in [-0.4, -0.2) is 30.0 Å². The van der Waals surface area contributed by atoms with E-state index in [4.69, 9.17) is 11.6 Å². The molecule has 28 heavy (non-hydrogen) atoms. The van der Waals surface area contributed by atoms with Crippen LogP contribution in [-0.2, 0) is 0 Å². The Morgan fingerprint density at radius 1 is 1.18 bits per heavy atom. The summed E-state index contributed by atoms with van der Waals surface area (Å²) >= 11 is 7.40. The van der Waals surface area contributed by atoms with Gasteiger partial charge in [-0.1, -0.05) is 41.9 Å². The minimum atomic E-state index is -0.0323. The number of para-hydroxylation sites is 1. The number of hydrogen-bond acceptors (Lipinski definition) is 4. The number of anilines is 1. The van der Waals surface area contributed by atoms with Crippen molar-refractivity contribution in [2.45, 2.75) is 25.8 Å². The summed E-state index contributed by atoms with van der Waals surface area (Å²) in [6.07, 6.45) is 2.06. The van der Waals surface area contributed by atoms with Gasteiger partial charge in [0.15, 0.2) is 0 Å². The molecule has 1 unspecified atom stereocenters. The van der Waals surface area contributed by atoms with Crippen LogP contribution in [0.2, 0.25) is 5.02 Å². The number of nitrogens with one attached hydrogen (secondary N) is 1. The average Bonchev–Trinajstić information content (AvgIpc) is 3.11. The predicted molar refractivity (Wildman–Crippen MR) is 116 cm³/mol. The smallest absolute Gasteiger partial charge is 0.263 e. The van der Waals surface area contributed by atoms with Gasteiger partial charge < -0.3 is 10.2 Å². The van der Waals surface area contributed by atoms with Crippen LogP contribution < -0.4 is 10.2 Å². The number of halogens is 1. The average molecular weight is 412 g/mol. The van der Waals surface area contributed by atoms with Gasteiger partial charge in [0, 0.05) is 35.4 Å². The molecule has 1 aromatic heterocycles. The highest BCUT2D eigenvalue weighted by atomic mass is 35.5. The second kappa shape index (κ2) is 8.33. The van der Waals surface area contributed by atoms with E-state index in [1.165, 1.54) is 17.0 Å². The van der Waals surface area contributed by atoms with Crippen LogP contribution in [0, 0.1) is 6.92 Å². The third-order valence-electron chi connectivity index (χ3n) is 4.97. The van der Waals surface area contributed by atoms with Gasteiger partial charge in [-0.2, -0.15) is 0 Å². The number of piperidine rings is 1. The molecule has 6 heteroatoms. The van der Waals surface area contributed by atoms with Gasteiger partial charge in [0.25, 0.3) is 5.91 Å². The second-order valence-electron chi connectivity index (χ2n) is 7.03. The first-order valence-electron chi connectivity index (χ1n) is 9.44. The Morgan fingerprint density at radius 3 is 2.68 bits per heavy atom. The highest BCUT2D eigenvalue weighted by molar-refractivity contribution is 7.17.